The van der Waals surface area contributed by atoms with Gasteiger partial charge < -0.3 is 10.4 Å². The lowest BCUT2D eigenvalue weighted by molar-refractivity contribution is -0.138. The largest absolute Gasteiger partial charge is 0.416 e. The van der Waals surface area contributed by atoms with Crippen LogP contribution >= 0.6 is 0 Å². The van der Waals surface area contributed by atoms with Gasteiger partial charge in [0, 0.05) is 12.6 Å². The highest BCUT2D eigenvalue weighted by Gasteiger charge is 2.36. The first-order valence-corrected chi connectivity index (χ1v) is 5.52. The minimum Gasteiger partial charge on any atom is -0.395 e. The Morgan fingerprint density at radius 1 is 1.29 bits per heavy atom. The van der Waals surface area contributed by atoms with Crippen LogP contribution in [-0.2, 0) is 6.18 Å². The first-order chi connectivity index (χ1) is 8.02. The molecule has 17 heavy (non-hydrogen) atoms. The van der Waals surface area contributed by atoms with Gasteiger partial charge in [0.2, 0.25) is 0 Å². The van der Waals surface area contributed by atoms with Crippen molar-refractivity contribution in [3.05, 3.63) is 35.4 Å². The molecule has 0 radical (unpaired) electrons. The highest BCUT2D eigenvalue weighted by Crippen LogP contribution is 2.37. The number of alkyl halides is 3. The van der Waals surface area contributed by atoms with Crippen molar-refractivity contribution in [2.24, 2.45) is 0 Å². The monoisotopic (exact) mass is 245 g/mol. The van der Waals surface area contributed by atoms with Crippen molar-refractivity contribution in [2.45, 2.75) is 24.6 Å². The van der Waals surface area contributed by atoms with E-state index in [9.17, 15) is 13.2 Å². The third-order valence-corrected chi connectivity index (χ3v) is 3.15. The number of hydrogen-bond donors (Lipinski definition) is 2. The standard InChI is InChI=1S/C12H14F3NO/c13-12(14,15)11-4-2-1-3-10(11)8-5-9(7-17)16-6-8/h1-4,8-9,16-17H,5-7H2. The molecular weight excluding hydrogens is 231 g/mol. The second kappa shape index (κ2) is 4.66. The quantitative estimate of drug-likeness (QED) is 0.836. The average molecular weight is 245 g/mol. The molecule has 0 aliphatic carbocycles. The summed E-state index contributed by atoms with van der Waals surface area (Å²) in [4.78, 5) is 0. The Kier molecular flexibility index (Phi) is 3.40. The molecule has 2 atom stereocenters. The van der Waals surface area contributed by atoms with E-state index in [0.29, 0.717) is 18.5 Å². The molecule has 0 spiro atoms. The van der Waals surface area contributed by atoms with Crippen molar-refractivity contribution >= 4 is 0 Å². The smallest absolute Gasteiger partial charge is 0.395 e. The van der Waals surface area contributed by atoms with Crippen LogP contribution < -0.4 is 5.32 Å². The van der Waals surface area contributed by atoms with Crippen molar-refractivity contribution in [1.82, 2.24) is 5.32 Å². The Morgan fingerprint density at radius 2 is 2.00 bits per heavy atom. The Morgan fingerprint density at radius 3 is 2.59 bits per heavy atom. The van der Waals surface area contributed by atoms with E-state index in [4.69, 9.17) is 5.11 Å². The van der Waals surface area contributed by atoms with Crippen LogP contribution in [0.1, 0.15) is 23.5 Å². The van der Waals surface area contributed by atoms with Crippen molar-refractivity contribution < 1.29 is 18.3 Å². The van der Waals surface area contributed by atoms with Crippen LogP contribution in [0.4, 0.5) is 13.2 Å². The Hall–Kier alpha value is -1.07. The van der Waals surface area contributed by atoms with Crippen LogP contribution in [0, 0.1) is 0 Å². The van der Waals surface area contributed by atoms with Crippen LogP contribution in [-0.4, -0.2) is 24.3 Å². The zero-order valence-electron chi connectivity index (χ0n) is 9.17. The second-order valence-corrected chi connectivity index (χ2v) is 4.31. The lowest BCUT2D eigenvalue weighted by atomic mass is 9.92. The molecule has 1 heterocycles. The number of benzene rings is 1. The number of halogens is 3. The van der Waals surface area contributed by atoms with Gasteiger partial charge in [0.1, 0.15) is 0 Å². The maximum atomic E-state index is 12.8. The summed E-state index contributed by atoms with van der Waals surface area (Å²) in [6.07, 6.45) is -3.77. The van der Waals surface area contributed by atoms with Gasteiger partial charge in [0.05, 0.1) is 12.2 Å². The fourth-order valence-corrected chi connectivity index (χ4v) is 2.31. The van der Waals surface area contributed by atoms with E-state index in [-0.39, 0.29) is 18.6 Å². The molecular formula is C12H14F3NO. The van der Waals surface area contributed by atoms with Crippen LogP contribution in [0.25, 0.3) is 0 Å². The van der Waals surface area contributed by atoms with Crippen LogP contribution in [0.2, 0.25) is 0 Å². The van der Waals surface area contributed by atoms with Gasteiger partial charge >= 0.3 is 6.18 Å². The van der Waals surface area contributed by atoms with E-state index in [2.05, 4.69) is 5.32 Å². The Bertz CT molecular complexity index is 392. The van der Waals surface area contributed by atoms with Crippen molar-refractivity contribution in [3.63, 3.8) is 0 Å². The molecule has 1 aromatic rings. The molecule has 1 aromatic carbocycles. The van der Waals surface area contributed by atoms with Gasteiger partial charge in [-0.05, 0) is 24.0 Å². The molecule has 2 unspecified atom stereocenters. The molecule has 1 fully saturated rings. The first kappa shape index (κ1) is 12.4. The van der Waals surface area contributed by atoms with Gasteiger partial charge in [-0.1, -0.05) is 18.2 Å². The van der Waals surface area contributed by atoms with Gasteiger partial charge in [-0.25, -0.2) is 0 Å². The molecule has 0 saturated carbocycles. The van der Waals surface area contributed by atoms with Gasteiger partial charge in [0.15, 0.2) is 0 Å². The van der Waals surface area contributed by atoms with Crippen LogP contribution in [0.3, 0.4) is 0 Å². The highest BCUT2D eigenvalue weighted by atomic mass is 19.4. The lowest BCUT2D eigenvalue weighted by Gasteiger charge is -2.17. The fraction of sp³-hybridized carbons (Fsp3) is 0.500. The molecule has 0 bridgehead atoms. The molecule has 2 nitrogen and oxygen atoms in total. The first-order valence-electron chi connectivity index (χ1n) is 5.52. The SMILES string of the molecule is OCC1CC(c2ccccc2C(F)(F)F)CN1. The lowest BCUT2D eigenvalue weighted by Crippen LogP contribution is -2.24. The summed E-state index contributed by atoms with van der Waals surface area (Å²) >= 11 is 0. The zero-order chi connectivity index (χ0) is 12.5. The molecule has 5 heteroatoms. The van der Waals surface area contributed by atoms with Gasteiger partial charge in [-0.15, -0.1) is 0 Å². The molecule has 1 aliphatic rings. The number of hydrogen-bond acceptors (Lipinski definition) is 2. The molecule has 2 N–H and O–H groups in total. The molecule has 1 saturated heterocycles. The van der Waals surface area contributed by atoms with Crippen molar-refractivity contribution in [3.8, 4) is 0 Å². The van der Waals surface area contributed by atoms with Gasteiger partial charge in [-0.2, -0.15) is 13.2 Å². The summed E-state index contributed by atoms with van der Waals surface area (Å²) in [6.45, 7) is 0.447. The summed E-state index contributed by atoms with van der Waals surface area (Å²) in [6, 6.07) is 5.56. The zero-order valence-corrected chi connectivity index (χ0v) is 9.17. The minimum absolute atomic E-state index is 0.0370. The van der Waals surface area contributed by atoms with E-state index in [1.54, 1.807) is 6.07 Å². The molecule has 1 aliphatic heterocycles. The minimum atomic E-state index is -4.31. The molecule has 2 rings (SSSR count). The van der Waals surface area contributed by atoms with E-state index in [0.717, 1.165) is 6.07 Å². The van der Waals surface area contributed by atoms with Crippen LogP contribution in [0.15, 0.2) is 24.3 Å². The number of aliphatic hydroxyl groups is 1. The summed E-state index contributed by atoms with van der Waals surface area (Å²) in [5.41, 5.74) is -0.242. The molecule has 0 aromatic heterocycles. The predicted octanol–water partition coefficient (Wildman–Crippen LogP) is 2.14. The van der Waals surface area contributed by atoms with Crippen molar-refractivity contribution in [2.75, 3.05) is 13.2 Å². The third-order valence-electron chi connectivity index (χ3n) is 3.15. The average Bonchev–Trinajstić information content (AvgIpc) is 2.76. The third kappa shape index (κ3) is 2.61. The number of aliphatic hydroxyl groups excluding tert-OH is 1. The predicted molar refractivity (Wildman–Crippen MR) is 57.7 cm³/mol. The van der Waals surface area contributed by atoms with E-state index < -0.39 is 11.7 Å². The highest BCUT2D eigenvalue weighted by molar-refractivity contribution is 5.33. The van der Waals surface area contributed by atoms with Gasteiger partial charge in [0.25, 0.3) is 0 Å². The van der Waals surface area contributed by atoms with Crippen molar-refractivity contribution in [1.29, 1.82) is 0 Å². The number of rotatable bonds is 2. The summed E-state index contributed by atoms with van der Waals surface area (Å²) in [5.74, 6) is -0.176. The molecule has 0 amide bonds. The maximum absolute atomic E-state index is 12.8. The maximum Gasteiger partial charge on any atom is 0.416 e. The Balaban J connectivity index is 2.27. The fourth-order valence-electron chi connectivity index (χ4n) is 2.31. The van der Waals surface area contributed by atoms with E-state index in [1.165, 1.54) is 12.1 Å². The molecule has 94 valence electrons. The second-order valence-electron chi connectivity index (χ2n) is 4.31. The number of nitrogens with one attached hydrogen (secondary N) is 1. The summed E-state index contributed by atoms with van der Waals surface area (Å²) < 4.78 is 38.4. The van der Waals surface area contributed by atoms with E-state index in [1.807, 2.05) is 0 Å². The summed E-state index contributed by atoms with van der Waals surface area (Å²) in [7, 11) is 0. The van der Waals surface area contributed by atoms with E-state index >= 15 is 0 Å². The Labute approximate surface area is 97.5 Å². The van der Waals surface area contributed by atoms with Gasteiger partial charge in [-0.3, -0.25) is 0 Å². The van der Waals surface area contributed by atoms with Crippen LogP contribution in [0.5, 0.6) is 0 Å². The normalized spacial score (nSPS) is 25.2. The topological polar surface area (TPSA) is 32.3 Å². The summed E-state index contributed by atoms with van der Waals surface area (Å²) in [5, 5.41) is 12.0.